The molecule has 2 N–H and O–H groups in total. The molecule has 0 aromatic heterocycles. The Hall–Kier alpha value is -3.14. The monoisotopic (exact) mass is 322 g/mol. The molecule has 4 heteroatoms. The van der Waals surface area contributed by atoms with E-state index in [0.717, 1.165) is 11.1 Å². The van der Waals surface area contributed by atoms with Crippen molar-refractivity contribution >= 4 is 12.6 Å². The van der Waals surface area contributed by atoms with Crippen molar-refractivity contribution in [3.8, 4) is 22.6 Å². The number of phenolic OH excluding ortho intramolecular Hbond substituents is 2. The standard InChI is InChI=1S/C20H18O4/c1-3-5-13-7-15(11-21)19(23)17(9-13)18-10-14(6-4-2)8-16(12-22)20(18)24/h3-4,7-12,23-24H,1-2,5-6H2. The van der Waals surface area contributed by atoms with Crippen LogP contribution in [0.25, 0.3) is 11.1 Å². The number of hydrogen-bond donors (Lipinski definition) is 2. The number of hydrogen-bond acceptors (Lipinski definition) is 4. The van der Waals surface area contributed by atoms with E-state index in [4.69, 9.17) is 0 Å². The van der Waals surface area contributed by atoms with Crippen LogP contribution in [0.1, 0.15) is 31.8 Å². The van der Waals surface area contributed by atoms with Crippen molar-refractivity contribution in [2.24, 2.45) is 0 Å². The van der Waals surface area contributed by atoms with Gasteiger partial charge in [0.1, 0.15) is 11.5 Å². The fourth-order valence-corrected chi connectivity index (χ4v) is 2.60. The van der Waals surface area contributed by atoms with Crippen LogP contribution in [0, 0.1) is 0 Å². The summed E-state index contributed by atoms with van der Waals surface area (Å²) < 4.78 is 0. The third-order valence-electron chi connectivity index (χ3n) is 3.70. The van der Waals surface area contributed by atoms with Crippen LogP contribution >= 0.6 is 0 Å². The van der Waals surface area contributed by atoms with Gasteiger partial charge in [0.2, 0.25) is 0 Å². The van der Waals surface area contributed by atoms with Crippen molar-refractivity contribution < 1.29 is 19.8 Å². The van der Waals surface area contributed by atoms with E-state index in [1.54, 1.807) is 36.4 Å². The first kappa shape index (κ1) is 17.2. The Kier molecular flexibility index (Phi) is 5.32. The Balaban J connectivity index is 2.78. The number of allylic oxidation sites excluding steroid dienone is 2. The van der Waals surface area contributed by atoms with Gasteiger partial charge in [-0.3, -0.25) is 9.59 Å². The molecule has 2 aromatic carbocycles. The number of aldehydes is 2. The van der Waals surface area contributed by atoms with Gasteiger partial charge in [-0.15, -0.1) is 13.2 Å². The predicted octanol–water partition coefficient (Wildman–Crippen LogP) is 3.85. The molecule has 0 aliphatic heterocycles. The van der Waals surface area contributed by atoms with Gasteiger partial charge in [0, 0.05) is 11.1 Å². The Labute approximate surface area is 140 Å². The molecule has 0 saturated carbocycles. The minimum Gasteiger partial charge on any atom is -0.507 e. The summed E-state index contributed by atoms with van der Waals surface area (Å²) in [5, 5.41) is 20.7. The first-order valence-electron chi connectivity index (χ1n) is 7.40. The molecule has 0 aliphatic rings. The van der Waals surface area contributed by atoms with Gasteiger partial charge in [-0.2, -0.15) is 0 Å². The number of phenols is 2. The van der Waals surface area contributed by atoms with E-state index in [1.165, 1.54) is 0 Å². The molecular weight excluding hydrogens is 304 g/mol. The fraction of sp³-hybridized carbons (Fsp3) is 0.100. The number of aromatic hydroxyl groups is 2. The number of benzene rings is 2. The highest BCUT2D eigenvalue weighted by Crippen LogP contribution is 2.40. The lowest BCUT2D eigenvalue weighted by Gasteiger charge is -2.14. The molecule has 0 radical (unpaired) electrons. The van der Waals surface area contributed by atoms with Gasteiger partial charge in [0.05, 0.1) is 11.1 Å². The fourth-order valence-electron chi connectivity index (χ4n) is 2.60. The van der Waals surface area contributed by atoms with E-state index in [9.17, 15) is 19.8 Å². The molecule has 0 spiro atoms. The average molecular weight is 322 g/mol. The largest absolute Gasteiger partial charge is 0.507 e. The molecule has 0 unspecified atom stereocenters. The third-order valence-corrected chi connectivity index (χ3v) is 3.70. The molecule has 0 amide bonds. The highest BCUT2D eigenvalue weighted by atomic mass is 16.3. The quantitative estimate of drug-likeness (QED) is 0.600. The van der Waals surface area contributed by atoms with Crippen LogP contribution in [-0.2, 0) is 12.8 Å². The Morgan fingerprint density at radius 3 is 1.42 bits per heavy atom. The van der Waals surface area contributed by atoms with Gasteiger partial charge in [0.25, 0.3) is 0 Å². The molecule has 4 nitrogen and oxygen atoms in total. The summed E-state index contributed by atoms with van der Waals surface area (Å²) in [6.07, 6.45) is 5.46. The molecular formula is C20H18O4. The van der Waals surface area contributed by atoms with Gasteiger partial charge < -0.3 is 10.2 Å². The normalized spacial score (nSPS) is 10.2. The van der Waals surface area contributed by atoms with Gasteiger partial charge >= 0.3 is 0 Å². The molecule has 2 rings (SSSR count). The van der Waals surface area contributed by atoms with E-state index in [0.29, 0.717) is 36.5 Å². The lowest BCUT2D eigenvalue weighted by atomic mass is 9.93. The van der Waals surface area contributed by atoms with Crippen LogP contribution in [-0.4, -0.2) is 22.8 Å². The second-order valence-electron chi connectivity index (χ2n) is 5.38. The maximum Gasteiger partial charge on any atom is 0.153 e. The summed E-state index contributed by atoms with van der Waals surface area (Å²) in [5.41, 5.74) is 2.35. The van der Waals surface area contributed by atoms with Crippen molar-refractivity contribution in [2.45, 2.75) is 12.8 Å². The molecule has 0 aliphatic carbocycles. The summed E-state index contributed by atoms with van der Waals surface area (Å²) in [6, 6.07) is 6.48. The molecule has 2 aromatic rings. The molecule has 0 saturated heterocycles. The van der Waals surface area contributed by atoms with Gasteiger partial charge in [0.15, 0.2) is 12.6 Å². The first-order chi connectivity index (χ1) is 11.5. The first-order valence-corrected chi connectivity index (χ1v) is 7.40. The minimum absolute atomic E-state index is 0.116. The van der Waals surface area contributed by atoms with Crippen LogP contribution in [0.4, 0.5) is 0 Å². The number of carbonyl (C=O) groups is 2. The highest BCUT2D eigenvalue weighted by molar-refractivity contribution is 5.91. The minimum atomic E-state index is -0.235. The van der Waals surface area contributed by atoms with E-state index < -0.39 is 0 Å². The summed E-state index contributed by atoms with van der Waals surface area (Å²) >= 11 is 0. The second kappa shape index (κ2) is 7.42. The Morgan fingerprint density at radius 1 is 0.750 bits per heavy atom. The van der Waals surface area contributed by atoms with Gasteiger partial charge in [-0.05, 0) is 48.2 Å². The summed E-state index contributed by atoms with van der Waals surface area (Å²) in [5.74, 6) is -0.471. The lowest BCUT2D eigenvalue weighted by molar-refractivity contribution is 0.111. The number of carbonyl (C=O) groups excluding carboxylic acids is 2. The van der Waals surface area contributed by atoms with Gasteiger partial charge in [-0.25, -0.2) is 0 Å². The molecule has 24 heavy (non-hydrogen) atoms. The second-order valence-corrected chi connectivity index (χ2v) is 5.38. The van der Waals surface area contributed by atoms with E-state index >= 15 is 0 Å². The van der Waals surface area contributed by atoms with Crippen LogP contribution in [0.2, 0.25) is 0 Å². The average Bonchev–Trinajstić information content (AvgIpc) is 2.58. The van der Waals surface area contributed by atoms with Crippen molar-refractivity contribution in [3.05, 3.63) is 71.8 Å². The third kappa shape index (κ3) is 3.27. The number of rotatable bonds is 7. The van der Waals surface area contributed by atoms with Crippen LogP contribution in [0.15, 0.2) is 49.6 Å². The SMILES string of the molecule is C=CCc1cc(C=O)c(O)c(-c2cc(CC=C)cc(C=O)c2O)c1. The lowest BCUT2D eigenvalue weighted by Crippen LogP contribution is -1.95. The molecule has 0 fully saturated rings. The zero-order valence-electron chi connectivity index (χ0n) is 13.2. The Morgan fingerprint density at radius 2 is 1.12 bits per heavy atom. The maximum atomic E-state index is 11.2. The van der Waals surface area contributed by atoms with Crippen LogP contribution in [0.5, 0.6) is 11.5 Å². The molecule has 0 atom stereocenters. The smallest absolute Gasteiger partial charge is 0.153 e. The summed E-state index contributed by atoms with van der Waals surface area (Å²) in [6.45, 7) is 7.32. The predicted molar refractivity (Wildman–Crippen MR) is 93.8 cm³/mol. The summed E-state index contributed by atoms with van der Waals surface area (Å²) in [7, 11) is 0. The van der Waals surface area contributed by atoms with Crippen molar-refractivity contribution in [3.63, 3.8) is 0 Å². The van der Waals surface area contributed by atoms with Crippen molar-refractivity contribution in [1.82, 2.24) is 0 Å². The van der Waals surface area contributed by atoms with Crippen molar-refractivity contribution in [2.75, 3.05) is 0 Å². The zero-order chi connectivity index (χ0) is 17.7. The molecule has 0 bridgehead atoms. The van der Waals surface area contributed by atoms with Crippen LogP contribution < -0.4 is 0 Å². The van der Waals surface area contributed by atoms with Crippen LogP contribution in [0.3, 0.4) is 0 Å². The van der Waals surface area contributed by atoms with Crippen molar-refractivity contribution in [1.29, 1.82) is 0 Å². The zero-order valence-corrected chi connectivity index (χ0v) is 13.2. The van der Waals surface area contributed by atoms with E-state index in [-0.39, 0.29) is 22.6 Å². The maximum absolute atomic E-state index is 11.2. The Bertz CT molecular complexity index is 749. The van der Waals surface area contributed by atoms with Gasteiger partial charge in [-0.1, -0.05) is 12.2 Å². The summed E-state index contributed by atoms with van der Waals surface area (Å²) in [4.78, 5) is 22.5. The molecule has 0 heterocycles. The van der Waals surface area contributed by atoms with E-state index in [1.807, 2.05) is 0 Å². The topological polar surface area (TPSA) is 74.6 Å². The molecule has 122 valence electrons. The highest BCUT2D eigenvalue weighted by Gasteiger charge is 2.17. The van der Waals surface area contributed by atoms with E-state index in [2.05, 4.69) is 13.2 Å².